The lowest BCUT2D eigenvalue weighted by molar-refractivity contribution is -0.136. The minimum Gasteiger partial charge on any atom is -0.493 e. The molecule has 7 nitrogen and oxygen atoms in total. The number of aryl methyl sites for hydroxylation is 1. The van der Waals surface area contributed by atoms with Gasteiger partial charge in [0.1, 0.15) is 6.61 Å². The van der Waals surface area contributed by atoms with Crippen molar-refractivity contribution in [3.05, 3.63) is 88.4 Å². The highest BCUT2D eigenvalue weighted by Gasteiger charge is 2.13. The monoisotopic (exact) mass is 451 g/mol. The zero-order valence-corrected chi connectivity index (χ0v) is 18.3. The Kier molecular flexibility index (Phi) is 7.83. The molecule has 164 valence electrons. The van der Waals surface area contributed by atoms with Crippen molar-refractivity contribution < 1.29 is 19.1 Å². The van der Waals surface area contributed by atoms with E-state index in [0.29, 0.717) is 34.4 Å². The van der Waals surface area contributed by atoms with Crippen molar-refractivity contribution in [3.63, 3.8) is 0 Å². The van der Waals surface area contributed by atoms with Crippen LogP contribution < -0.4 is 20.2 Å². The van der Waals surface area contributed by atoms with Gasteiger partial charge in [-0.15, -0.1) is 0 Å². The summed E-state index contributed by atoms with van der Waals surface area (Å²) in [5, 5.41) is 6.71. The summed E-state index contributed by atoms with van der Waals surface area (Å²) in [4.78, 5) is 23.9. The molecular weight excluding hydrogens is 430 g/mol. The Morgan fingerprint density at radius 2 is 1.78 bits per heavy atom. The Morgan fingerprint density at radius 1 is 1.00 bits per heavy atom. The van der Waals surface area contributed by atoms with Crippen LogP contribution >= 0.6 is 11.6 Å². The third-order valence-corrected chi connectivity index (χ3v) is 4.61. The lowest BCUT2D eigenvalue weighted by atomic mass is 10.2. The molecule has 0 atom stereocenters. The summed E-state index contributed by atoms with van der Waals surface area (Å²) in [5.41, 5.74) is 5.47. The molecule has 0 aliphatic heterocycles. The van der Waals surface area contributed by atoms with E-state index in [0.717, 1.165) is 5.56 Å². The molecule has 3 aromatic carbocycles. The third kappa shape index (κ3) is 6.58. The fourth-order valence-electron chi connectivity index (χ4n) is 2.70. The summed E-state index contributed by atoms with van der Waals surface area (Å²) >= 11 is 5.86. The van der Waals surface area contributed by atoms with Crippen molar-refractivity contribution in [1.82, 2.24) is 5.43 Å². The van der Waals surface area contributed by atoms with Gasteiger partial charge in [0.2, 0.25) is 0 Å². The quantitative estimate of drug-likeness (QED) is 0.318. The number of methoxy groups -OCH3 is 1. The van der Waals surface area contributed by atoms with Crippen molar-refractivity contribution in [2.45, 2.75) is 13.5 Å². The molecule has 3 aromatic rings. The molecular formula is C24H22ClN3O4. The highest BCUT2D eigenvalue weighted by atomic mass is 35.5. The van der Waals surface area contributed by atoms with Gasteiger partial charge in [-0.05, 0) is 54.4 Å². The van der Waals surface area contributed by atoms with Gasteiger partial charge in [0.25, 0.3) is 0 Å². The summed E-state index contributed by atoms with van der Waals surface area (Å²) in [6.07, 6.45) is 1.40. The second-order valence-electron chi connectivity index (χ2n) is 6.85. The van der Waals surface area contributed by atoms with E-state index >= 15 is 0 Å². The third-order valence-electron chi connectivity index (χ3n) is 4.37. The van der Waals surface area contributed by atoms with Gasteiger partial charge in [-0.2, -0.15) is 5.10 Å². The normalized spacial score (nSPS) is 10.6. The largest absolute Gasteiger partial charge is 0.493 e. The fraction of sp³-hybridized carbons (Fsp3) is 0.125. The fourth-order valence-corrected chi connectivity index (χ4v) is 2.89. The highest BCUT2D eigenvalue weighted by Crippen LogP contribution is 2.28. The van der Waals surface area contributed by atoms with Gasteiger partial charge in [-0.1, -0.05) is 47.5 Å². The number of carbonyl (C=O) groups is 2. The van der Waals surface area contributed by atoms with Crippen LogP contribution in [0.4, 0.5) is 5.69 Å². The maximum atomic E-state index is 11.9. The summed E-state index contributed by atoms with van der Waals surface area (Å²) < 4.78 is 11.2. The topological polar surface area (TPSA) is 89.0 Å². The van der Waals surface area contributed by atoms with Crippen molar-refractivity contribution in [2.75, 3.05) is 12.4 Å². The second-order valence-corrected chi connectivity index (χ2v) is 7.28. The first-order chi connectivity index (χ1) is 15.4. The van der Waals surface area contributed by atoms with Gasteiger partial charge in [-0.25, -0.2) is 5.43 Å². The lowest BCUT2D eigenvalue weighted by Gasteiger charge is -2.11. The van der Waals surface area contributed by atoms with Crippen molar-refractivity contribution in [3.8, 4) is 11.5 Å². The first-order valence-corrected chi connectivity index (χ1v) is 10.1. The molecule has 0 fully saturated rings. The molecule has 2 N–H and O–H groups in total. The number of nitrogens with one attached hydrogen (secondary N) is 2. The number of hydrazone groups is 1. The van der Waals surface area contributed by atoms with Crippen molar-refractivity contribution in [1.29, 1.82) is 0 Å². The van der Waals surface area contributed by atoms with Crippen molar-refractivity contribution >= 4 is 35.3 Å². The predicted octanol–water partition coefficient (Wildman–Crippen LogP) is 4.32. The molecule has 0 aliphatic carbocycles. The number of halogens is 1. The number of rotatable bonds is 7. The average molecular weight is 452 g/mol. The van der Waals surface area contributed by atoms with E-state index in [4.69, 9.17) is 21.1 Å². The molecule has 0 bridgehead atoms. The average Bonchev–Trinajstić information content (AvgIpc) is 2.79. The second kappa shape index (κ2) is 11.0. The van der Waals surface area contributed by atoms with Crippen LogP contribution in [0.25, 0.3) is 0 Å². The van der Waals surface area contributed by atoms with Crippen molar-refractivity contribution in [2.24, 2.45) is 5.10 Å². The highest BCUT2D eigenvalue weighted by molar-refractivity contribution is 6.39. The van der Waals surface area contributed by atoms with Crippen LogP contribution in [0.1, 0.15) is 16.7 Å². The maximum Gasteiger partial charge on any atom is 0.329 e. The summed E-state index contributed by atoms with van der Waals surface area (Å²) in [6, 6.07) is 19.8. The van der Waals surface area contributed by atoms with E-state index in [1.54, 1.807) is 36.4 Å². The Morgan fingerprint density at radius 3 is 2.50 bits per heavy atom. The number of hydrogen-bond acceptors (Lipinski definition) is 5. The standard InChI is InChI=1S/C24H22ClN3O4/c1-16-6-8-17(9-7-16)15-32-21-11-10-18(12-22(21)31-2)14-26-28-24(30)23(29)27-20-5-3-4-19(25)13-20/h3-14H,15H2,1-2H3,(H,27,29)(H,28,30)/b26-14+. The molecule has 0 aromatic heterocycles. The maximum absolute atomic E-state index is 11.9. The van der Waals surface area contributed by atoms with Gasteiger partial charge < -0.3 is 14.8 Å². The first-order valence-electron chi connectivity index (χ1n) is 9.71. The molecule has 2 amide bonds. The van der Waals surface area contributed by atoms with E-state index in [1.807, 2.05) is 31.2 Å². The number of carbonyl (C=O) groups excluding carboxylic acids is 2. The van der Waals surface area contributed by atoms with Gasteiger partial charge >= 0.3 is 11.8 Å². The van der Waals surface area contributed by atoms with E-state index in [9.17, 15) is 9.59 Å². The zero-order valence-electron chi connectivity index (χ0n) is 17.6. The number of amides is 2. The molecule has 3 rings (SSSR count). The molecule has 0 aliphatic rings. The molecule has 8 heteroatoms. The SMILES string of the molecule is COc1cc(/C=N/NC(=O)C(=O)Nc2cccc(Cl)c2)ccc1OCc1ccc(C)cc1. The zero-order chi connectivity index (χ0) is 22.9. The van der Waals surface area contributed by atoms with E-state index in [1.165, 1.54) is 25.0 Å². The summed E-state index contributed by atoms with van der Waals surface area (Å²) in [7, 11) is 1.54. The minimum absolute atomic E-state index is 0.405. The Balaban J connectivity index is 1.56. The number of ether oxygens (including phenoxy) is 2. The number of anilines is 1. The van der Waals surface area contributed by atoms with E-state index < -0.39 is 11.8 Å². The van der Waals surface area contributed by atoms with Crippen LogP contribution in [0, 0.1) is 6.92 Å². The molecule has 0 heterocycles. The Labute approximate surface area is 191 Å². The Bertz CT molecular complexity index is 1130. The molecule has 0 saturated heterocycles. The molecule has 0 unspecified atom stereocenters. The van der Waals surface area contributed by atoms with E-state index in [-0.39, 0.29) is 0 Å². The van der Waals surface area contributed by atoms with Crippen LogP contribution in [0.2, 0.25) is 5.02 Å². The van der Waals surface area contributed by atoms with Gasteiger partial charge in [-0.3, -0.25) is 9.59 Å². The van der Waals surface area contributed by atoms with Gasteiger partial charge in [0.15, 0.2) is 11.5 Å². The number of hydrogen-bond donors (Lipinski definition) is 2. The molecule has 0 saturated carbocycles. The summed E-state index contributed by atoms with van der Waals surface area (Å²) in [5.74, 6) is -0.672. The van der Waals surface area contributed by atoms with Crippen LogP contribution in [-0.2, 0) is 16.2 Å². The van der Waals surface area contributed by atoms with Crippen LogP contribution in [0.15, 0.2) is 71.8 Å². The lowest BCUT2D eigenvalue weighted by Crippen LogP contribution is -2.32. The number of nitrogens with zero attached hydrogens (tertiary/aromatic N) is 1. The van der Waals surface area contributed by atoms with Crippen LogP contribution in [0.5, 0.6) is 11.5 Å². The smallest absolute Gasteiger partial charge is 0.329 e. The van der Waals surface area contributed by atoms with Gasteiger partial charge in [0, 0.05) is 10.7 Å². The van der Waals surface area contributed by atoms with Crippen LogP contribution in [0.3, 0.4) is 0 Å². The number of benzene rings is 3. The van der Waals surface area contributed by atoms with E-state index in [2.05, 4.69) is 15.8 Å². The predicted molar refractivity (Wildman–Crippen MR) is 124 cm³/mol. The minimum atomic E-state index is -0.911. The van der Waals surface area contributed by atoms with Crippen LogP contribution in [-0.4, -0.2) is 25.1 Å². The molecule has 0 radical (unpaired) electrons. The first kappa shape index (κ1) is 22.8. The van der Waals surface area contributed by atoms with Gasteiger partial charge in [0.05, 0.1) is 13.3 Å². The summed E-state index contributed by atoms with van der Waals surface area (Å²) in [6.45, 7) is 2.43. The Hall–Kier alpha value is -3.84. The molecule has 0 spiro atoms. The molecule has 32 heavy (non-hydrogen) atoms.